The fraction of sp³-hybridized carbons (Fsp3) is 0.882. The minimum atomic E-state index is -0.389. The molecule has 2 heteroatoms. The number of allylic oxidation sites excluding steroid dienone is 2. The Bertz CT molecular complexity index is 711. The molecule has 36 heavy (non-hydrogen) atoms. The minimum absolute atomic E-state index is 0. The third-order valence-corrected chi connectivity index (χ3v) is 10.6. The molecule has 0 bridgehead atoms. The topological polar surface area (TPSA) is 29.5 Å². The van der Waals surface area contributed by atoms with Crippen molar-refractivity contribution in [1.29, 1.82) is 0 Å². The van der Waals surface area contributed by atoms with Gasteiger partial charge < -0.3 is 9.84 Å². The van der Waals surface area contributed by atoms with Crippen LogP contribution in [0.4, 0.5) is 0 Å². The Kier molecular flexibility index (Phi) is 12.3. The van der Waals surface area contributed by atoms with Gasteiger partial charge in [0, 0.05) is 11.4 Å². The van der Waals surface area contributed by atoms with E-state index in [2.05, 4.69) is 61.1 Å². The molecule has 1 N–H and O–H groups in total. The number of rotatable bonds is 6. The highest BCUT2D eigenvalue weighted by Crippen LogP contribution is 2.67. The van der Waals surface area contributed by atoms with E-state index >= 15 is 0 Å². The molecular weight excluding hydrogens is 440 g/mol. The monoisotopic (exact) mass is 509 g/mol. The quantitative estimate of drug-likeness (QED) is 0.361. The summed E-state index contributed by atoms with van der Waals surface area (Å²) in [6.07, 6.45) is 18.3. The van der Waals surface area contributed by atoms with E-state index in [9.17, 15) is 5.11 Å². The number of ether oxygens (including phenoxy) is 1. The van der Waals surface area contributed by atoms with Gasteiger partial charge in [0.15, 0.2) is 0 Å². The van der Waals surface area contributed by atoms with Crippen LogP contribution in [0.25, 0.3) is 0 Å². The van der Waals surface area contributed by atoms with Gasteiger partial charge in [0.1, 0.15) is 6.10 Å². The molecule has 0 radical (unpaired) electrons. The van der Waals surface area contributed by atoms with E-state index in [1.54, 1.807) is 13.2 Å². The Morgan fingerprint density at radius 2 is 1.72 bits per heavy atom. The molecule has 3 fully saturated rings. The zero-order chi connectivity index (χ0) is 27.1. The lowest BCUT2D eigenvalue weighted by Crippen LogP contribution is -2.54. The Morgan fingerprint density at radius 3 is 2.31 bits per heavy atom. The van der Waals surface area contributed by atoms with Gasteiger partial charge in [-0.15, -0.1) is 6.58 Å². The lowest BCUT2D eigenvalue weighted by Gasteiger charge is -2.59. The van der Waals surface area contributed by atoms with Crippen LogP contribution in [0.5, 0.6) is 0 Å². The van der Waals surface area contributed by atoms with E-state index in [-0.39, 0.29) is 21.9 Å². The van der Waals surface area contributed by atoms with Crippen molar-refractivity contribution in [2.75, 3.05) is 7.11 Å². The zero-order valence-corrected chi connectivity index (χ0v) is 25.6. The molecule has 0 heterocycles. The van der Waals surface area contributed by atoms with Gasteiger partial charge >= 0.3 is 0 Å². The average molecular weight is 509 g/mol. The highest BCUT2D eigenvalue weighted by molar-refractivity contribution is 5.29. The first kappa shape index (κ1) is 31.6. The molecule has 0 aromatic heterocycles. The summed E-state index contributed by atoms with van der Waals surface area (Å²) >= 11 is 0. The molecule has 0 spiro atoms. The van der Waals surface area contributed by atoms with Crippen LogP contribution < -0.4 is 0 Å². The molecule has 0 aromatic carbocycles. The summed E-state index contributed by atoms with van der Waals surface area (Å²) in [4.78, 5) is 0. The first-order chi connectivity index (χ1) is 17.0. The Hall–Kier alpha value is -0.600. The van der Waals surface area contributed by atoms with Crippen molar-refractivity contribution in [3.05, 3.63) is 24.3 Å². The lowest BCUT2D eigenvalue weighted by atomic mass is 9.46. The van der Waals surface area contributed by atoms with Crippen molar-refractivity contribution in [3.63, 3.8) is 0 Å². The molecular formula is C34H68O2. The van der Waals surface area contributed by atoms with Crippen LogP contribution in [0.1, 0.15) is 130 Å². The molecule has 4 aliphatic carbocycles. The van der Waals surface area contributed by atoms with Gasteiger partial charge in [-0.05, 0) is 104 Å². The number of aliphatic hydroxyl groups excluding tert-OH is 1. The largest absolute Gasteiger partial charge is 0.386 e. The van der Waals surface area contributed by atoms with E-state index in [0.29, 0.717) is 5.41 Å². The van der Waals surface area contributed by atoms with Crippen molar-refractivity contribution < 1.29 is 14.1 Å². The maximum absolute atomic E-state index is 11.0. The van der Waals surface area contributed by atoms with Gasteiger partial charge in [-0.2, -0.15) is 0 Å². The van der Waals surface area contributed by atoms with E-state index in [4.69, 9.17) is 4.74 Å². The highest BCUT2D eigenvalue weighted by atomic mass is 16.5. The summed E-state index contributed by atoms with van der Waals surface area (Å²) < 4.78 is 5.62. The van der Waals surface area contributed by atoms with E-state index in [1.807, 2.05) is 6.92 Å². The van der Waals surface area contributed by atoms with Crippen molar-refractivity contribution in [2.24, 2.45) is 46.3 Å². The molecule has 3 saturated carbocycles. The molecule has 3 unspecified atom stereocenters. The molecule has 4 rings (SSSR count). The fourth-order valence-corrected chi connectivity index (χ4v) is 8.98. The predicted octanol–water partition coefficient (Wildman–Crippen LogP) is 10.4. The molecule has 0 aliphatic heterocycles. The van der Waals surface area contributed by atoms with E-state index in [1.165, 1.54) is 69.8 Å². The zero-order valence-electron chi connectivity index (χ0n) is 25.6. The summed E-state index contributed by atoms with van der Waals surface area (Å²) in [5.74, 6) is 5.12. The van der Waals surface area contributed by atoms with Gasteiger partial charge in [0.05, 0.1) is 6.10 Å². The Labute approximate surface area is 230 Å². The van der Waals surface area contributed by atoms with Crippen molar-refractivity contribution in [1.82, 2.24) is 0 Å². The van der Waals surface area contributed by atoms with Gasteiger partial charge in [-0.3, -0.25) is 0 Å². The first-order valence-corrected chi connectivity index (χ1v) is 15.5. The second-order valence-corrected chi connectivity index (χ2v) is 13.6. The first-order valence-electron chi connectivity index (χ1n) is 15.5. The number of hydrogen-bond acceptors (Lipinski definition) is 2. The summed E-state index contributed by atoms with van der Waals surface area (Å²) in [7, 11) is 1.76. The number of methoxy groups -OCH3 is 1. The highest BCUT2D eigenvalue weighted by Gasteiger charge is 2.60. The summed E-state index contributed by atoms with van der Waals surface area (Å²) in [6.45, 7) is 21.9. The van der Waals surface area contributed by atoms with Gasteiger partial charge in [0.2, 0.25) is 0 Å². The van der Waals surface area contributed by atoms with E-state index < -0.39 is 0 Å². The molecule has 4 aliphatic rings. The summed E-state index contributed by atoms with van der Waals surface area (Å²) in [5.41, 5.74) is 2.06. The van der Waals surface area contributed by atoms with Gasteiger partial charge in [0.25, 0.3) is 0 Å². The molecule has 0 aromatic rings. The van der Waals surface area contributed by atoms with Gasteiger partial charge in [-0.1, -0.05) is 86.3 Å². The molecule has 2 nitrogen and oxygen atoms in total. The normalized spacial score (nSPS) is 39.8. The minimum Gasteiger partial charge on any atom is -0.386 e. The van der Waals surface area contributed by atoms with Crippen LogP contribution in [-0.4, -0.2) is 24.4 Å². The van der Waals surface area contributed by atoms with Gasteiger partial charge in [-0.25, -0.2) is 0 Å². The summed E-state index contributed by atoms with van der Waals surface area (Å²) in [6, 6.07) is 0. The average Bonchev–Trinajstić information content (AvgIpc) is 3.17. The summed E-state index contributed by atoms with van der Waals surface area (Å²) in [5, 5.41) is 11.0. The fourth-order valence-electron chi connectivity index (χ4n) is 8.98. The SMILES string of the molecule is C=CC.CCC.CO[C@H]1CC[C@@]2(C)C(=CC[C@H]3C4CCC([C@H](C)CCCC(C)C)[C@@]4(C)CCC32)[C@H]1O.[HH].[HH].[HH]. The maximum Gasteiger partial charge on any atom is 0.102 e. The maximum atomic E-state index is 11.0. The molecule has 216 valence electrons. The number of aliphatic hydroxyl groups is 1. The number of fused-ring (bicyclic) bond motifs is 5. The molecule has 9 atom stereocenters. The smallest absolute Gasteiger partial charge is 0.102 e. The van der Waals surface area contributed by atoms with Crippen LogP contribution in [0.3, 0.4) is 0 Å². The lowest BCUT2D eigenvalue weighted by molar-refractivity contribution is -0.0879. The third kappa shape index (κ3) is 6.51. The van der Waals surface area contributed by atoms with Crippen molar-refractivity contribution in [2.45, 2.75) is 138 Å². The molecule has 0 saturated heterocycles. The van der Waals surface area contributed by atoms with E-state index in [0.717, 1.165) is 41.9 Å². The van der Waals surface area contributed by atoms with Crippen LogP contribution >= 0.6 is 0 Å². The third-order valence-electron chi connectivity index (χ3n) is 10.6. The van der Waals surface area contributed by atoms with Crippen molar-refractivity contribution in [3.8, 4) is 0 Å². The van der Waals surface area contributed by atoms with Crippen LogP contribution in [0.15, 0.2) is 24.3 Å². The van der Waals surface area contributed by atoms with Crippen molar-refractivity contribution >= 4 is 0 Å². The predicted molar refractivity (Wildman–Crippen MR) is 163 cm³/mol. The second kappa shape index (κ2) is 14.0. The van der Waals surface area contributed by atoms with Crippen LogP contribution in [-0.2, 0) is 4.74 Å². The number of hydrogen-bond donors (Lipinski definition) is 1. The Morgan fingerprint density at radius 1 is 1.08 bits per heavy atom. The molecule has 0 amide bonds. The van der Waals surface area contributed by atoms with Crippen LogP contribution in [0.2, 0.25) is 0 Å². The standard InChI is InChI=1S/C28H48O2.C3H8.C3H6.3H2/c1-18(2)8-7-9-19(3)21-12-13-22-20-10-11-24-26(29)25(30-6)15-17-28(24,5)23(20)14-16-27(21,22)4;2*1-3-2;;;/h11,18-23,25-26,29H,7-10,12-17H2,1-6H3;3H2,1-2H3;3H,1H2,2H3;3*1H/t19-,20+,21?,22?,23?,25+,26-,27-,28-;;;;;/m1...../s1. The second-order valence-electron chi connectivity index (χ2n) is 13.6. The van der Waals surface area contributed by atoms with Crippen LogP contribution in [0, 0.1) is 46.3 Å². The Balaban J connectivity index is 0.